The molecule has 0 atom stereocenters. The molecule has 0 aromatic heterocycles. The van der Waals surface area contributed by atoms with Crippen LogP contribution in [0.25, 0.3) is 6.08 Å². The van der Waals surface area contributed by atoms with Crippen LogP contribution in [0.2, 0.25) is 0 Å². The molecule has 0 N–H and O–H groups in total. The molecule has 0 radical (unpaired) electrons. The van der Waals surface area contributed by atoms with Crippen LogP contribution in [0, 0.1) is 28.5 Å². The Morgan fingerprint density at radius 3 is 2.41 bits per heavy atom. The highest BCUT2D eigenvalue weighted by molar-refractivity contribution is 5.62. The van der Waals surface area contributed by atoms with E-state index >= 15 is 0 Å². The fourth-order valence-electron chi connectivity index (χ4n) is 1.05. The van der Waals surface area contributed by atoms with Crippen molar-refractivity contribution in [3.05, 3.63) is 35.2 Å². The SMILES string of the molecule is N#CC(C#N)=Cc1ccc(OC(F)F)cc1F. The Hall–Kier alpha value is -2.47. The molecule has 0 heterocycles. The fraction of sp³-hybridized carbons (Fsp3) is 0.0909. The molecule has 0 aliphatic carbocycles. The number of rotatable bonds is 3. The molecular formula is C11H5F3N2O. The van der Waals surface area contributed by atoms with Crippen molar-refractivity contribution in [1.29, 1.82) is 10.5 Å². The van der Waals surface area contributed by atoms with Gasteiger partial charge in [-0.25, -0.2) is 4.39 Å². The highest BCUT2D eigenvalue weighted by Gasteiger charge is 2.07. The summed E-state index contributed by atoms with van der Waals surface area (Å²) in [7, 11) is 0. The molecule has 1 aromatic carbocycles. The van der Waals surface area contributed by atoms with Crippen molar-refractivity contribution < 1.29 is 17.9 Å². The number of nitriles is 2. The van der Waals surface area contributed by atoms with E-state index in [1.54, 1.807) is 12.1 Å². The van der Waals surface area contributed by atoms with Crippen molar-refractivity contribution >= 4 is 6.08 Å². The smallest absolute Gasteiger partial charge is 0.387 e. The van der Waals surface area contributed by atoms with Gasteiger partial charge in [0.25, 0.3) is 0 Å². The fourth-order valence-corrected chi connectivity index (χ4v) is 1.05. The van der Waals surface area contributed by atoms with E-state index in [9.17, 15) is 13.2 Å². The van der Waals surface area contributed by atoms with E-state index in [2.05, 4.69) is 4.74 Å². The highest BCUT2D eigenvalue weighted by Crippen LogP contribution is 2.20. The van der Waals surface area contributed by atoms with Gasteiger partial charge in [0.15, 0.2) is 0 Å². The number of ether oxygens (including phenoxy) is 1. The van der Waals surface area contributed by atoms with Crippen LogP contribution in [-0.2, 0) is 0 Å². The standard InChI is InChI=1S/C11H5F3N2O/c12-10-4-9(17-11(13)14)2-1-8(10)3-7(5-15)6-16/h1-4,11H. The monoisotopic (exact) mass is 238 g/mol. The van der Waals surface area contributed by atoms with Crippen LogP contribution in [-0.4, -0.2) is 6.61 Å². The first kappa shape index (κ1) is 12.6. The normalized spacial score (nSPS) is 9.29. The highest BCUT2D eigenvalue weighted by atomic mass is 19.3. The molecule has 0 unspecified atom stereocenters. The molecule has 0 bridgehead atoms. The van der Waals surface area contributed by atoms with Gasteiger partial charge in [-0.15, -0.1) is 0 Å². The third-order valence-corrected chi connectivity index (χ3v) is 1.74. The van der Waals surface area contributed by atoms with Gasteiger partial charge in [0.05, 0.1) is 0 Å². The zero-order valence-electron chi connectivity index (χ0n) is 8.32. The predicted octanol–water partition coefficient (Wildman–Crippen LogP) is 2.86. The zero-order chi connectivity index (χ0) is 12.8. The lowest BCUT2D eigenvalue weighted by Gasteiger charge is -2.05. The van der Waals surface area contributed by atoms with Crippen LogP contribution in [0.5, 0.6) is 5.75 Å². The molecule has 86 valence electrons. The Morgan fingerprint density at radius 1 is 1.29 bits per heavy atom. The molecule has 0 aliphatic heterocycles. The minimum atomic E-state index is -3.04. The van der Waals surface area contributed by atoms with Crippen LogP contribution < -0.4 is 4.74 Å². The van der Waals surface area contributed by atoms with Crippen LogP contribution in [0.1, 0.15) is 5.56 Å². The van der Waals surface area contributed by atoms with Crippen LogP contribution in [0.3, 0.4) is 0 Å². The van der Waals surface area contributed by atoms with E-state index in [4.69, 9.17) is 10.5 Å². The average Bonchev–Trinajstić information content (AvgIpc) is 2.27. The summed E-state index contributed by atoms with van der Waals surface area (Å²) >= 11 is 0. The Kier molecular flexibility index (Phi) is 4.13. The van der Waals surface area contributed by atoms with Crippen molar-refractivity contribution in [3.8, 4) is 17.9 Å². The van der Waals surface area contributed by atoms with Gasteiger partial charge in [-0.1, -0.05) is 0 Å². The molecule has 0 saturated heterocycles. The van der Waals surface area contributed by atoms with Crippen molar-refractivity contribution in [1.82, 2.24) is 0 Å². The van der Waals surface area contributed by atoms with E-state index in [-0.39, 0.29) is 16.9 Å². The molecular weight excluding hydrogens is 233 g/mol. The van der Waals surface area contributed by atoms with Gasteiger partial charge in [0.1, 0.15) is 29.3 Å². The molecule has 17 heavy (non-hydrogen) atoms. The van der Waals surface area contributed by atoms with E-state index in [1.807, 2.05) is 0 Å². The second kappa shape index (κ2) is 5.57. The van der Waals surface area contributed by atoms with Gasteiger partial charge >= 0.3 is 6.61 Å². The Labute approximate surface area is 95.0 Å². The summed E-state index contributed by atoms with van der Waals surface area (Å²) in [5, 5.41) is 16.9. The summed E-state index contributed by atoms with van der Waals surface area (Å²) < 4.78 is 41.0. The maximum absolute atomic E-state index is 13.3. The minimum Gasteiger partial charge on any atom is -0.435 e. The Bertz CT molecular complexity index is 510. The summed E-state index contributed by atoms with van der Waals surface area (Å²) in [4.78, 5) is 0. The first-order chi connectivity index (χ1) is 8.06. The number of halogens is 3. The van der Waals surface area contributed by atoms with Crippen LogP contribution in [0.4, 0.5) is 13.2 Å². The molecule has 1 aromatic rings. The third kappa shape index (κ3) is 3.54. The van der Waals surface area contributed by atoms with Gasteiger partial charge in [-0.2, -0.15) is 19.3 Å². The molecule has 0 spiro atoms. The number of allylic oxidation sites excluding steroid dienone is 1. The zero-order valence-corrected chi connectivity index (χ0v) is 8.32. The maximum atomic E-state index is 13.3. The molecule has 0 aliphatic rings. The van der Waals surface area contributed by atoms with Crippen molar-refractivity contribution in [3.63, 3.8) is 0 Å². The molecule has 6 heteroatoms. The maximum Gasteiger partial charge on any atom is 0.387 e. The first-order valence-corrected chi connectivity index (χ1v) is 4.33. The van der Waals surface area contributed by atoms with Gasteiger partial charge < -0.3 is 4.74 Å². The van der Waals surface area contributed by atoms with Gasteiger partial charge in [0.2, 0.25) is 0 Å². The summed E-state index contributed by atoms with van der Waals surface area (Å²) in [5.41, 5.74) is -0.337. The lowest BCUT2D eigenvalue weighted by atomic mass is 10.1. The second-order valence-electron chi connectivity index (χ2n) is 2.84. The van der Waals surface area contributed by atoms with E-state index in [1.165, 1.54) is 0 Å². The number of alkyl halides is 2. The number of benzene rings is 1. The van der Waals surface area contributed by atoms with Crippen LogP contribution in [0.15, 0.2) is 23.8 Å². The lowest BCUT2D eigenvalue weighted by molar-refractivity contribution is -0.0499. The lowest BCUT2D eigenvalue weighted by Crippen LogP contribution is -2.02. The molecule has 1 rings (SSSR count). The van der Waals surface area contributed by atoms with Gasteiger partial charge in [0, 0.05) is 11.6 Å². The Morgan fingerprint density at radius 2 is 1.94 bits per heavy atom. The van der Waals surface area contributed by atoms with Crippen molar-refractivity contribution in [2.75, 3.05) is 0 Å². The molecule has 0 saturated carbocycles. The van der Waals surface area contributed by atoms with E-state index in [0.29, 0.717) is 0 Å². The summed E-state index contributed by atoms with van der Waals surface area (Å²) in [5.74, 6) is -1.18. The molecule has 3 nitrogen and oxygen atoms in total. The van der Waals surface area contributed by atoms with Gasteiger partial charge in [-0.3, -0.25) is 0 Å². The number of nitrogens with zero attached hydrogens (tertiary/aromatic N) is 2. The van der Waals surface area contributed by atoms with Crippen LogP contribution >= 0.6 is 0 Å². The minimum absolute atomic E-state index is 0.0512. The molecule has 0 fully saturated rings. The number of hydrogen-bond donors (Lipinski definition) is 0. The quantitative estimate of drug-likeness (QED) is 0.761. The largest absolute Gasteiger partial charge is 0.435 e. The average molecular weight is 238 g/mol. The van der Waals surface area contributed by atoms with Gasteiger partial charge in [-0.05, 0) is 18.2 Å². The first-order valence-electron chi connectivity index (χ1n) is 4.33. The Balaban J connectivity index is 3.04. The topological polar surface area (TPSA) is 56.8 Å². The summed E-state index contributed by atoms with van der Waals surface area (Å²) in [6.45, 7) is -3.04. The third-order valence-electron chi connectivity index (χ3n) is 1.74. The van der Waals surface area contributed by atoms with Crippen molar-refractivity contribution in [2.24, 2.45) is 0 Å². The predicted molar refractivity (Wildman–Crippen MR) is 52.2 cm³/mol. The van der Waals surface area contributed by atoms with E-state index < -0.39 is 12.4 Å². The number of hydrogen-bond acceptors (Lipinski definition) is 3. The molecule has 0 amide bonds. The second-order valence-corrected chi connectivity index (χ2v) is 2.84. The van der Waals surface area contributed by atoms with E-state index in [0.717, 1.165) is 24.3 Å². The summed E-state index contributed by atoms with van der Waals surface area (Å²) in [6, 6.07) is 6.13. The summed E-state index contributed by atoms with van der Waals surface area (Å²) in [6.07, 6.45) is 1.02. The van der Waals surface area contributed by atoms with Crippen molar-refractivity contribution in [2.45, 2.75) is 6.61 Å².